The molecule has 2 aromatic heterocycles. The van der Waals surface area contributed by atoms with Crippen molar-refractivity contribution in [3.8, 4) is 17.3 Å². The largest absolute Gasteiger partial charge is 0.504 e. The zero-order chi connectivity index (χ0) is 22.5. The number of morpholine rings is 1. The molecule has 1 amide bonds. The van der Waals surface area contributed by atoms with Crippen LogP contribution in [0.15, 0.2) is 27.9 Å². The number of carbonyl (C=O) groups excluding carboxylic acids is 1. The summed E-state index contributed by atoms with van der Waals surface area (Å²) in [6.07, 6.45) is 1.37. The summed E-state index contributed by atoms with van der Waals surface area (Å²) in [7, 11) is 1.45. The minimum atomic E-state index is -0.588. The zero-order valence-electron chi connectivity index (χ0n) is 17.1. The number of ether oxygens (including phenoxy) is 2. The van der Waals surface area contributed by atoms with E-state index in [2.05, 4.69) is 40.7 Å². The average molecular weight is 443 g/mol. The number of methoxy groups -OCH3 is 1. The number of nitrogens with two attached hydrogens (primary N) is 1. The number of aromatic hydroxyl groups is 1. The fourth-order valence-electron chi connectivity index (χ4n) is 3.11. The molecule has 0 bridgehead atoms. The number of anilines is 1. The molecule has 32 heavy (non-hydrogen) atoms. The maximum atomic E-state index is 13.0. The molecule has 4 rings (SSSR count). The third-order valence-corrected chi connectivity index (χ3v) is 4.71. The van der Waals surface area contributed by atoms with Gasteiger partial charge in [-0.15, -0.1) is 5.10 Å². The Labute approximate surface area is 181 Å². The normalized spacial score (nSPS) is 14.7. The van der Waals surface area contributed by atoms with Crippen molar-refractivity contribution in [1.29, 1.82) is 0 Å². The molecule has 14 heteroatoms. The molecule has 0 spiro atoms. The molecule has 0 atom stereocenters. The third kappa shape index (κ3) is 4.50. The number of amides is 1. The van der Waals surface area contributed by atoms with E-state index in [-0.39, 0.29) is 23.1 Å². The Hall–Kier alpha value is -4.04. The molecule has 0 radical (unpaired) electrons. The van der Waals surface area contributed by atoms with E-state index in [0.717, 1.165) is 4.68 Å². The highest BCUT2D eigenvalue weighted by atomic mass is 16.6. The number of hydrogen-bond donors (Lipinski definition) is 3. The first-order chi connectivity index (χ1) is 15.6. The van der Waals surface area contributed by atoms with Gasteiger partial charge in [0.15, 0.2) is 17.2 Å². The number of nitrogens with zero attached hydrogens (tertiary/aromatic N) is 7. The van der Waals surface area contributed by atoms with Crippen molar-refractivity contribution < 1.29 is 24.0 Å². The van der Waals surface area contributed by atoms with Gasteiger partial charge in [-0.1, -0.05) is 5.21 Å². The first-order valence-corrected chi connectivity index (χ1v) is 9.60. The van der Waals surface area contributed by atoms with Crippen molar-refractivity contribution >= 4 is 17.9 Å². The Balaban J connectivity index is 1.57. The highest BCUT2D eigenvalue weighted by Gasteiger charge is 2.26. The maximum absolute atomic E-state index is 13.0. The molecule has 1 aliphatic rings. The summed E-state index contributed by atoms with van der Waals surface area (Å²) in [5.74, 6) is -0.312. The molecule has 1 saturated heterocycles. The summed E-state index contributed by atoms with van der Waals surface area (Å²) in [6, 6.07) is 4.70. The number of rotatable bonds is 7. The van der Waals surface area contributed by atoms with Gasteiger partial charge >= 0.3 is 0 Å². The number of nitrogens with one attached hydrogen (secondary N) is 1. The Kier molecular flexibility index (Phi) is 6.23. The van der Waals surface area contributed by atoms with Crippen LogP contribution >= 0.6 is 0 Å². The molecular weight excluding hydrogens is 422 g/mol. The van der Waals surface area contributed by atoms with Gasteiger partial charge in [-0.2, -0.15) is 9.78 Å². The number of hydrogen-bond acceptors (Lipinski definition) is 12. The van der Waals surface area contributed by atoms with E-state index in [9.17, 15) is 9.90 Å². The predicted molar refractivity (Wildman–Crippen MR) is 109 cm³/mol. The van der Waals surface area contributed by atoms with Gasteiger partial charge in [0.1, 0.15) is 5.69 Å². The summed E-state index contributed by atoms with van der Waals surface area (Å²) in [5, 5.41) is 29.2. The third-order valence-electron chi connectivity index (χ3n) is 4.71. The van der Waals surface area contributed by atoms with E-state index in [1.807, 2.05) is 0 Å². The van der Waals surface area contributed by atoms with E-state index in [0.29, 0.717) is 49.9 Å². The summed E-state index contributed by atoms with van der Waals surface area (Å²) in [6.45, 7) is 2.94. The van der Waals surface area contributed by atoms with Crippen LogP contribution in [-0.2, 0) is 11.3 Å². The first kappa shape index (κ1) is 21.2. The van der Waals surface area contributed by atoms with E-state index in [1.165, 1.54) is 19.4 Å². The van der Waals surface area contributed by atoms with Gasteiger partial charge in [-0.05, 0) is 34.1 Å². The van der Waals surface area contributed by atoms with Gasteiger partial charge < -0.3 is 20.3 Å². The Morgan fingerprint density at radius 2 is 2.19 bits per heavy atom. The van der Waals surface area contributed by atoms with Crippen molar-refractivity contribution in [3.05, 3.63) is 35.2 Å². The lowest BCUT2D eigenvalue weighted by atomic mass is 10.2. The molecule has 4 N–H and O–H groups in total. The number of benzene rings is 1. The molecule has 3 aromatic rings. The van der Waals surface area contributed by atoms with Crippen LogP contribution in [0, 0.1) is 0 Å². The lowest BCUT2D eigenvalue weighted by Gasteiger charge is -2.25. The van der Waals surface area contributed by atoms with Gasteiger partial charge in [0, 0.05) is 19.6 Å². The van der Waals surface area contributed by atoms with E-state index >= 15 is 0 Å². The van der Waals surface area contributed by atoms with E-state index in [4.69, 9.17) is 15.2 Å². The van der Waals surface area contributed by atoms with Crippen molar-refractivity contribution in [3.63, 3.8) is 0 Å². The predicted octanol–water partition coefficient (Wildman–Crippen LogP) is -0.457. The number of nitrogen functional groups attached to an aromatic ring is 1. The van der Waals surface area contributed by atoms with Crippen LogP contribution in [0.25, 0.3) is 5.82 Å². The molecule has 1 aliphatic heterocycles. The molecule has 1 aromatic carbocycles. The minimum absolute atomic E-state index is 0.0416. The van der Waals surface area contributed by atoms with Crippen molar-refractivity contribution in [1.82, 2.24) is 35.6 Å². The van der Waals surface area contributed by atoms with Crippen molar-refractivity contribution in [2.75, 3.05) is 39.1 Å². The van der Waals surface area contributed by atoms with Gasteiger partial charge in [0.05, 0.1) is 26.5 Å². The SMILES string of the molecule is COc1ccc(/C=N/NC(=O)c2c(CN3CCOCC3)nnn2-c2nonc2N)cc1O. The molecule has 1 fully saturated rings. The van der Waals surface area contributed by atoms with Crippen LogP contribution in [0.2, 0.25) is 0 Å². The first-order valence-electron chi connectivity index (χ1n) is 9.60. The second kappa shape index (κ2) is 9.40. The second-order valence-electron chi connectivity index (χ2n) is 6.79. The highest BCUT2D eigenvalue weighted by molar-refractivity contribution is 5.95. The van der Waals surface area contributed by atoms with Crippen LogP contribution in [-0.4, -0.2) is 80.8 Å². The molecule has 0 aliphatic carbocycles. The zero-order valence-corrected chi connectivity index (χ0v) is 17.1. The van der Waals surface area contributed by atoms with E-state index in [1.54, 1.807) is 12.1 Å². The van der Waals surface area contributed by atoms with Gasteiger partial charge in [0.25, 0.3) is 5.91 Å². The molecule has 14 nitrogen and oxygen atoms in total. The van der Waals surface area contributed by atoms with Gasteiger partial charge in [-0.3, -0.25) is 9.69 Å². The Morgan fingerprint density at radius 1 is 1.38 bits per heavy atom. The van der Waals surface area contributed by atoms with E-state index < -0.39 is 5.91 Å². The summed E-state index contributed by atoms with van der Waals surface area (Å²) >= 11 is 0. The number of hydrazone groups is 1. The quantitative estimate of drug-likeness (QED) is 0.318. The monoisotopic (exact) mass is 443 g/mol. The number of aromatic nitrogens is 5. The topological polar surface area (TPSA) is 179 Å². The average Bonchev–Trinajstić information content (AvgIpc) is 3.40. The van der Waals surface area contributed by atoms with Crippen molar-refractivity contribution in [2.24, 2.45) is 5.10 Å². The Bertz CT molecular complexity index is 1120. The molecule has 3 heterocycles. The van der Waals surface area contributed by atoms with Crippen LogP contribution < -0.4 is 15.9 Å². The summed E-state index contributed by atoms with van der Waals surface area (Å²) < 4.78 is 16.1. The molecule has 0 unspecified atom stereocenters. The van der Waals surface area contributed by atoms with Crippen LogP contribution in [0.4, 0.5) is 5.82 Å². The number of phenolic OH excluding ortho intramolecular Hbond substituents is 1. The molecule has 0 saturated carbocycles. The minimum Gasteiger partial charge on any atom is -0.504 e. The van der Waals surface area contributed by atoms with Crippen molar-refractivity contribution in [2.45, 2.75) is 6.54 Å². The fraction of sp³-hybridized carbons (Fsp3) is 0.333. The van der Waals surface area contributed by atoms with Gasteiger partial charge in [-0.25, -0.2) is 10.1 Å². The Morgan fingerprint density at radius 3 is 2.88 bits per heavy atom. The maximum Gasteiger partial charge on any atom is 0.292 e. The van der Waals surface area contributed by atoms with Crippen LogP contribution in [0.3, 0.4) is 0 Å². The number of phenols is 1. The summed E-state index contributed by atoms with van der Waals surface area (Å²) in [5.41, 5.74) is 9.25. The molecule has 168 valence electrons. The van der Waals surface area contributed by atoms with Crippen LogP contribution in [0.5, 0.6) is 11.5 Å². The highest BCUT2D eigenvalue weighted by Crippen LogP contribution is 2.25. The van der Waals surface area contributed by atoms with Gasteiger partial charge in [0.2, 0.25) is 11.6 Å². The lowest BCUT2D eigenvalue weighted by molar-refractivity contribution is 0.0335. The summed E-state index contributed by atoms with van der Waals surface area (Å²) in [4.78, 5) is 15.1. The standard InChI is InChI=1S/C18H21N9O5/c1-30-14-3-2-11(8-13(14)28)9-20-22-18(29)15-12(10-26-4-6-31-7-5-26)21-25-27(15)17-16(19)23-32-24-17/h2-3,8-9,28H,4-7,10H2,1H3,(H2,19,23)(H,22,29)/b20-9+. The van der Waals surface area contributed by atoms with Crippen LogP contribution in [0.1, 0.15) is 21.7 Å². The second-order valence-corrected chi connectivity index (χ2v) is 6.79. The smallest absolute Gasteiger partial charge is 0.292 e. The lowest BCUT2D eigenvalue weighted by Crippen LogP contribution is -2.36. The number of carbonyl (C=O) groups is 1. The molecular formula is C18H21N9O5. The fourth-order valence-corrected chi connectivity index (χ4v) is 3.11.